The van der Waals surface area contributed by atoms with Crippen LogP contribution < -0.4 is 5.32 Å². The van der Waals surface area contributed by atoms with Gasteiger partial charge in [0.25, 0.3) is 0 Å². The molecule has 0 spiro atoms. The molecule has 1 unspecified atom stereocenters. The van der Waals surface area contributed by atoms with E-state index >= 15 is 0 Å². The first-order valence-corrected chi connectivity index (χ1v) is 20.1. The monoisotopic (exact) mass is 787 g/mol. The van der Waals surface area contributed by atoms with Gasteiger partial charge in [-0.25, -0.2) is 14.4 Å². The van der Waals surface area contributed by atoms with Gasteiger partial charge in [-0.15, -0.1) is 0 Å². The molecule has 2 aromatic carbocycles. The number of rotatable bonds is 11. The summed E-state index contributed by atoms with van der Waals surface area (Å²) in [5.74, 6) is -4.69. The Balaban J connectivity index is 1.42. The average molecular weight is 789 g/mol. The molecule has 1 aliphatic carbocycles. The van der Waals surface area contributed by atoms with Gasteiger partial charge < -0.3 is 34.6 Å². The van der Waals surface area contributed by atoms with Crippen LogP contribution in [0.5, 0.6) is 0 Å². The average Bonchev–Trinajstić information content (AvgIpc) is 3.10. The highest BCUT2D eigenvalue weighted by Gasteiger charge is 2.43. The molecule has 14 heteroatoms. The van der Waals surface area contributed by atoms with Gasteiger partial charge >= 0.3 is 18.0 Å². The molecule has 1 saturated carbocycles. The Morgan fingerprint density at radius 1 is 0.887 bits per heavy atom. The maximum Gasteiger partial charge on any atom is 0.410 e. The zero-order valence-corrected chi connectivity index (χ0v) is 32.6. The number of carbonyl (C=O) groups is 4. The molecule has 3 aliphatic rings. The molecule has 3 N–H and O–H groups in total. The molecule has 53 heavy (non-hydrogen) atoms. The van der Waals surface area contributed by atoms with Crippen LogP contribution in [0.15, 0.2) is 76.0 Å². The molecule has 2 aliphatic heterocycles. The molecule has 11 nitrogen and oxygen atoms in total. The quantitative estimate of drug-likeness (QED) is 0.198. The summed E-state index contributed by atoms with van der Waals surface area (Å²) in [4.78, 5) is 57.4. The topological polar surface area (TPSA) is 160 Å². The lowest BCUT2D eigenvalue weighted by molar-refractivity contribution is -0.133. The van der Waals surface area contributed by atoms with Crippen molar-refractivity contribution in [2.45, 2.75) is 94.6 Å². The highest BCUT2D eigenvalue weighted by Crippen LogP contribution is 2.45. The highest BCUT2D eigenvalue weighted by atomic mass is 35.5. The fourth-order valence-corrected chi connectivity index (χ4v) is 9.19. The van der Waals surface area contributed by atoms with Crippen LogP contribution in [0, 0.1) is 5.92 Å². The molecule has 286 valence electrons. The number of carbonyl (C=O) groups excluding carboxylic acids is 2. The van der Waals surface area contributed by atoms with E-state index in [1.165, 1.54) is 18.6 Å². The van der Waals surface area contributed by atoms with Crippen molar-refractivity contribution in [2.75, 3.05) is 25.4 Å². The number of likely N-dealkylation sites (tertiary alicyclic amines) is 1. The van der Waals surface area contributed by atoms with Gasteiger partial charge in [0.1, 0.15) is 5.60 Å². The minimum absolute atomic E-state index is 0.0112. The summed E-state index contributed by atoms with van der Waals surface area (Å²) >= 11 is 11.4. The van der Waals surface area contributed by atoms with Crippen molar-refractivity contribution in [2.24, 2.45) is 5.92 Å². The Labute approximate surface area is 323 Å². The van der Waals surface area contributed by atoms with Crippen molar-refractivity contribution in [1.82, 2.24) is 15.1 Å². The standard InChI is InChI=1S/C39H47Cl2N3O8S/c1-39(2,3)52-38(50)44(22-24-11-6-4-7-12-24)25-17-19-43(20-18-25)31(45)21-29-33(36(46)47)35(32-27(40)15-10-16-28(32)41)34(37(48)49)30(42-29)23-53(51)26-13-8-5-9-14-26/h5,8-10,13-16,24-25,35,42H,4,6-7,11-12,17-23H2,1-3H3,(H,46,47)(H,48,49)/t35?,53-/m0/s1. The van der Waals surface area contributed by atoms with Gasteiger partial charge in [-0.3, -0.25) is 4.79 Å². The maximum absolute atomic E-state index is 14.0. The van der Waals surface area contributed by atoms with Gasteiger partial charge in [-0.2, -0.15) is 0 Å². The number of nitrogens with one attached hydrogen (secondary N) is 1. The van der Waals surface area contributed by atoms with E-state index < -0.39 is 46.6 Å². The molecule has 0 aromatic heterocycles. The van der Waals surface area contributed by atoms with Crippen molar-refractivity contribution in [3.05, 3.63) is 86.7 Å². The van der Waals surface area contributed by atoms with Gasteiger partial charge in [0.2, 0.25) is 5.91 Å². The molecule has 2 aromatic rings. The van der Waals surface area contributed by atoms with E-state index in [0.29, 0.717) is 43.3 Å². The second kappa shape index (κ2) is 17.6. The van der Waals surface area contributed by atoms with Gasteiger partial charge in [-0.1, -0.05) is 66.7 Å². The third-order valence-corrected chi connectivity index (χ3v) is 12.0. The number of aliphatic carboxylic acids is 2. The fourth-order valence-electron chi connectivity index (χ4n) is 7.46. The Hall–Kier alpha value is -3.71. The van der Waals surface area contributed by atoms with E-state index in [1.807, 2.05) is 25.7 Å². The van der Waals surface area contributed by atoms with Crippen LogP contribution in [0.3, 0.4) is 0 Å². The second-order valence-electron chi connectivity index (χ2n) is 14.8. The summed E-state index contributed by atoms with van der Waals surface area (Å²) in [5.41, 5.74) is -1.42. The van der Waals surface area contributed by atoms with Crippen molar-refractivity contribution in [3.8, 4) is 0 Å². The Morgan fingerprint density at radius 2 is 1.47 bits per heavy atom. The molecular formula is C39H47Cl2N3O8S. The molecule has 1 saturated heterocycles. The number of piperidine rings is 1. The van der Waals surface area contributed by atoms with Gasteiger partial charge in [0.15, 0.2) is 10.6 Å². The van der Waals surface area contributed by atoms with E-state index in [2.05, 4.69) is 5.32 Å². The first-order chi connectivity index (χ1) is 25.1. The minimum Gasteiger partial charge on any atom is -0.611 e. The van der Waals surface area contributed by atoms with Gasteiger partial charge in [-0.05, 0) is 87.8 Å². The van der Waals surface area contributed by atoms with E-state index in [4.69, 9.17) is 27.9 Å². The summed E-state index contributed by atoms with van der Waals surface area (Å²) in [7, 11) is 0. The lowest BCUT2D eigenvalue weighted by atomic mass is 9.79. The molecule has 2 heterocycles. The number of benzene rings is 2. The molecule has 2 atom stereocenters. The SMILES string of the molecule is CC(C)(C)OC(=O)N(CC1CCCCC1)C1CCN(C(=O)CC2=C(C(=O)O)C(c3c(Cl)cccc3Cl)C(C(=O)O)=C(C[S@+]([O-])c3ccccc3)N2)CC1. The summed E-state index contributed by atoms with van der Waals surface area (Å²) in [6, 6.07) is 12.9. The number of nitrogens with zero attached hydrogens (tertiary/aromatic N) is 2. The smallest absolute Gasteiger partial charge is 0.410 e. The number of hydrogen-bond donors (Lipinski definition) is 3. The summed E-state index contributed by atoms with van der Waals surface area (Å²) < 4.78 is 19.3. The summed E-state index contributed by atoms with van der Waals surface area (Å²) in [5, 5.41) is 24.2. The predicted octanol–water partition coefficient (Wildman–Crippen LogP) is 7.36. The Kier molecular flexibility index (Phi) is 13.5. The molecular weight excluding hydrogens is 741 g/mol. The van der Waals surface area contributed by atoms with Crippen LogP contribution >= 0.6 is 23.2 Å². The Bertz CT molecular complexity index is 1730. The third-order valence-electron chi connectivity index (χ3n) is 9.95. The van der Waals surface area contributed by atoms with Crippen molar-refractivity contribution >= 4 is 58.3 Å². The van der Waals surface area contributed by atoms with Crippen LogP contribution in [0.2, 0.25) is 10.0 Å². The van der Waals surface area contributed by atoms with Crippen LogP contribution in [0.1, 0.15) is 83.6 Å². The zero-order chi connectivity index (χ0) is 38.4. The van der Waals surface area contributed by atoms with E-state index in [0.717, 1.165) is 25.7 Å². The molecule has 5 rings (SSSR count). The van der Waals surface area contributed by atoms with Crippen molar-refractivity contribution in [1.29, 1.82) is 0 Å². The number of hydrogen-bond acceptors (Lipinski definition) is 7. The Morgan fingerprint density at radius 3 is 2.04 bits per heavy atom. The number of ether oxygens (including phenoxy) is 1. The number of dihydropyridines is 1. The predicted molar refractivity (Wildman–Crippen MR) is 203 cm³/mol. The van der Waals surface area contributed by atoms with Crippen molar-refractivity contribution < 1.29 is 38.7 Å². The van der Waals surface area contributed by atoms with Gasteiger partial charge in [0, 0.05) is 47.0 Å². The summed E-state index contributed by atoms with van der Waals surface area (Å²) in [6.07, 6.45) is 5.85. The van der Waals surface area contributed by atoms with Gasteiger partial charge in [0.05, 0.1) is 29.2 Å². The largest absolute Gasteiger partial charge is 0.611 e. The first-order valence-electron chi connectivity index (χ1n) is 18.0. The van der Waals surface area contributed by atoms with Crippen molar-refractivity contribution in [3.63, 3.8) is 0 Å². The molecule has 0 bridgehead atoms. The minimum atomic E-state index is -1.73. The highest BCUT2D eigenvalue weighted by molar-refractivity contribution is 7.91. The van der Waals surface area contributed by atoms with E-state index in [1.54, 1.807) is 41.3 Å². The van der Waals surface area contributed by atoms with Crippen LogP contribution in [-0.2, 0) is 30.3 Å². The zero-order valence-electron chi connectivity index (χ0n) is 30.2. The third kappa shape index (κ3) is 10.1. The number of amides is 2. The first kappa shape index (κ1) is 40.5. The maximum atomic E-state index is 14.0. The van der Waals surface area contributed by atoms with E-state index in [-0.39, 0.29) is 56.4 Å². The molecule has 2 fully saturated rings. The molecule has 0 radical (unpaired) electrons. The van der Waals surface area contributed by atoms with Crippen LogP contribution in [0.4, 0.5) is 4.79 Å². The fraction of sp³-hybridized carbons (Fsp3) is 0.487. The number of carboxylic acids is 2. The normalized spacial score (nSPS) is 19.4. The summed E-state index contributed by atoms with van der Waals surface area (Å²) in [6.45, 7) is 6.77. The van der Waals surface area contributed by atoms with Crippen LogP contribution in [-0.4, -0.2) is 85.5 Å². The number of halogens is 2. The number of carboxylic acid groups (broad SMARTS) is 2. The molecule has 2 amide bonds. The lowest BCUT2D eigenvalue weighted by Crippen LogP contribution is -2.51. The van der Waals surface area contributed by atoms with Crippen LogP contribution in [0.25, 0.3) is 0 Å². The second-order valence-corrected chi connectivity index (χ2v) is 17.1. The van der Waals surface area contributed by atoms with E-state index in [9.17, 15) is 33.9 Å². The lowest BCUT2D eigenvalue weighted by Gasteiger charge is -2.41.